The van der Waals surface area contributed by atoms with Gasteiger partial charge >= 0.3 is 0 Å². The smallest absolute Gasteiger partial charge is 0.138 e. The Labute approximate surface area is 88.5 Å². The average molecular weight is 213 g/mol. The van der Waals surface area contributed by atoms with E-state index in [2.05, 4.69) is 0 Å². The van der Waals surface area contributed by atoms with Gasteiger partial charge in [-0.1, -0.05) is 17.7 Å². The Bertz CT molecular complexity index is 332. The van der Waals surface area contributed by atoms with Crippen molar-refractivity contribution in [1.29, 1.82) is 0 Å². The number of halogens is 1. The second kappa shape index (κ2) is 3.79. The zero-order chi connectivity index (χ0) is 10.1. The summed E-state index contributed by atoms with van der Waals surface area (Å²) < 4.78 is 5.58. The molecule has 0 radical (unpaired) electrons. The minimum absolute atomic E-state index is 0.352. The van der Waals surface area contributed by atoms with Crippen molar-refractivity contribution in [3.8, 4) is 5.75 Å². The SMILES string of the molecule is C[C@H](O)c1ccc(OC2CC2)c(Cl)c1. The minimum Gasteiger partial charge on any atom is -0.489 e. The van der Waals surface area contributed by atoms with Gasteiger partial charge in [-0.2, -0.15) is 0 Å². The van der Waals surface area contributed by atoms with Gasteiger partial charge < -0.3 is 9.84 Å². The topological polar surface area (TPSA) is 29.5 Å². The minimum atomic E-state index is -0.484. The van der Waals surface area contributed by atoms with Crippen LogP contribution in [0.1, 0.15) is 31.4 Å². The van der Waals surface area contributed by atoms with E-state index in [-0.39, 0.29) is 0 Å². The molecule has 1 aliphatic carbocycles. The van der Waals surface area contributed by atoms with E-state index in [0.717, 1.165) is 24.2 Å². The first-order valence-electron chi connectivity index (χ1n) is 4.81. The zero-order valence-electron chi connectivity index (χ0n) is 8.03. The number of aliphatic hydroxyl groups is 1. The number of hydrogen-bond acceptors (Lipinski definition) is 2. The monoisotopic (exact) mass is 212 g/mol. The van der Waals surface area contributed by atoms with Crippen LogP contribution in [-0.4, -0.2) is 11.2 Å². The summed E-state index contributed by atoms with van der Waals surface area (Å²) in [4.78, 5) is 0. The summed E-state index contributed by atoms with van der Waals surface area (Å²) in [5.41, 5.74) is 0.818. The van der Waals surface area contributed by atoms with E-state index in [1.807, 2.05) is 12.1 Å². The molecule has 1 aromatic rings. The lowest BCUT2D eigenvalue weighted by molar-refractivity contribution is 0.199. The molecule has 0 unspecified atom stereocenters. The molecule has 0 amide bonds. The molecule has 2 nitrogen and oxygen atoms in total. The van der Waals surface area contributed by atoms with Crippen LogP contribution in [0.5, 0.6) is 5.75 Å². The Kier molecular flexibility index (Phi) is 2.66. The largest absolute Gasteiger partial charge is 0.489 e. The van der Waals surface area contributed by atoms with Crippen LogP contribution < -0.4 is 4.74 Å². The summed E-state index contributed by atoms with van der Waals surface area (Å²) in [6.07, 6.45) is 2.11. The molecule has 0 spiro atoms. The van der Waals surface area contributed by atoms with Crippen LogP contribution in [0.4, 0.5) is 0 Å². The van der Waals surface area contributed by atoms with E-state index >= 15 is 0 Å². The van der Waals surface area contributed by atoms with Gasteiger partial charge in [-0.25, -0.2) is 0 Å². The van der Waals surface area contributed by atoms with E-state index in [0.29, 0.717) is 11.1 Å². The fourth-order valence-corrected chi connectivity index (χ4v) is 1.47. The van der Waals surface area contributed by atoms with Gasteiger partial charge in [-0.05, 0) is 37.5 Å². The highest BCUT2D eigenvalue weighted by Gasteiger charge is 2.24. The Hall–Kier alpha value is -0.730. The third-order valence-corrected chi connectivity index (χ3v) is 2.55. The molecule has 1 aromatic carbocycles. The summed E-state index contributed by atoms with van der Waals surface area (Å²) in [7, 11) is 0. The highest BCUT2D eigenvalue weighted by atomic mass is 35.5. The second-order valence-electron chi connectivity index (χ2n) is 3.68. The van der Waals surface area contributed by atoms with Gasteiger partial charge in [0.05, 0.1) is 17.2 Å². The lowest BCUT2D eigenvalue weighted by atomic mass is 10.1. The van der Waals surface area contributed by atoms with Gasteiger partial charge in [-0.3, -0.25) is 0 Å². The van der Waals surface area contributed by atoms with Gasteiger partial charge in [-0.15, -0.1) is 0 Å². The van der Waals surface area contributed by atoms with Gasteiger partial charge in [0.25, 0.3) is 0 Å². The quantitative estimate of drug-likeness (QED) is 0.835. The lowest BCUT2D eigenvalue weighted by Crippen LogP contribution is -1.98. The maximum absolute atomic E-state index is 9.33. The molecule has 1 fully saturated rings. The van der Waals surface area contributed by atoms with E-state index < -0.39 is 6.10 Å². The van der Waals surface area contributed by atoms with Crippen molar-refractivity contribution in [2.24, 2.45) is 0 Å². The van der Waals surface area contributed by atoms with Crippen molar-refractivity contribution in [3.05, 3.63) is 28.8 Å². The maximum Gasteiger partial charge on any atom is 0.138 e. The molecule has 1 saturated carbocycles. The lowest BCUT2D eigenvalue weighted by Gasteiger charge is -2.09. The fraction of sp³-hybridized carbons (Fsp3) is 0.455. The van der Waals surface area contributed by atoms with Crippen LogP contribution in [0, 0.1) is 0 Å². The van der Waals surface area contributed by atoms with E-state index in [1.54, 1.807) is 13.0 Å². The van der Waals surface area contributed by atoms with Crippen molar-refractivity contribution in [1.82, 2.24) is 0 Å². The van der Waals surface area contributed by atoms with Crippen molar-refractivity contribution in [2.45, 2.75) is 32.0 Å². The van der Waals surface area contributed by atoms with E-state index in [4.69, 9.17) is 16.3 Å². The molecule has 0 bridgehead atoms. The van der Waals surface area contributed by atoms with E-state index in [9.17, 15) is 5.11 Å². The third-order valence-electron chi connectivity index (χ3n) is 2.26. The average Bonchev–Trinajstić information content (AvgIpc) is 2.92. The molecule has 76 valence electrons. The first-order chi connectivity index (χ1) is 6.66. The molecule has 1 atom stereocenters. The van der Waals surface area contributed by atoms with Crippen molar-refractivity contribution in [3.63, 3.8) is 0 Å². The molecule has 1 aliphatic rings. The van der Waals surface area contributed by atoms with Crippen molar-refractivity contribution < 1.29 is 9.84 Å². The molecular formula is C11H13ClO2. The normalized spacial score (nSPS) is 17.9. The second-order valence-corrected chi connectivity index (χ2v) is 4.09. The summed E-state index contributed by atoms with van der Waals surface area (Å²) in [5.74, 6) is 0.721. The van der Waals surface area contributed by atoms with Crippen molar-refractivity contribution in [2.75, 3.05) is 0 Å². The Balaban J connectivity index is 2.17. The predicted molar refractivity (Wildman–Crippen MR) is 55.7 cm³/mol. The molecule has 14 heavy (non-hydrogen) atoms. The van der Waals surface area contributed by atoms with Gasteiger partial charge in [0, 0.05) is 0 Å². The fourth-order valence-electron chi connectivity index (χ4n) is 1.24. The van der Waals surface area contributed by atoms with Crippen LogP contribution >= 0.6 is 11.6 Å². The summed E-state index contributed by atoms with van der Waals surface area (Å²) in [5, 5.41) is 9.91. The third kappa shape index (κ3) is 2.20. The molecule has 2 rings (SSSR count). The predicted octanol–water partition coefficient (Wildman–Crippen LogP) is 2.93. The summed E-state index contributed by atoms with van der Waals surface area (Å²) in [6, 6.07) is 5.42. The molecule has 0 saturated heterocycles. The number of hydrogen-bond donors (Lipinski definition) is 1. The van der Waals surface area contributed by atoms with Crippen LogP contribution in [0.25, 0.3) is 0 Å². The van der Waals surface area contributed by atoms with Crippen LogP contribution in [-0.2, 0) is 0 Å². The number of aliphatic hydroxyl groups excluding tert-OH is 1. The molecule has 3 heteroatoms. The van der Waals surface area contributed by atoms with Gasteiger partial charge in [0.1, 0.15) is 5.75 Å². The Morgan fingerprint density at radius 3 is 2.71 bits per heavy atom. The summed E-state index contributed by atoms with van der Waals surface area (Å²) >= 11 is 6.01. The first-order valence-corrected chi connectivity index (χ1v) is 5.19. The van der Waals surface area contributed by atoms with Gasteiger partial charge in [0.15, 0.2) is 0 Å². The molecule has 0 aliphatic heterocycles. The van der Waals surface area contributed by atoms with Crippen molar-refractivity contribution >= 4 is 11.6 Å². The number of rotatable bonds is 3. The highest BCUT2D eigenvalue weighted by Crippen LogP contribution is 2.33. The van der Waals surface area contributed by atoms with Crippen LogP contribution in [0.2, 0.25) is 5.02 Å². The molecular weight excluding hydrogens is 200 g/mol. The standard InChI is InChI=1S/C11H13ClO2/c1-7(13)8-2-5-11(10(12)6-8)14-9-3-4-9/h2,5-7,9,13H,3-4H2,1H3/t7-/m0/s1. The molecule has 1 N–H and O–H groups in total. The maximum atomic E-state index is 9.33. The summed E-state index contributed by atoms with van der Waals surface area (Å²) in [6.45, 7) is 1.72. The first kappa shape index (κ1) is 9.81. The van der Waals surface area contributed by atoms with Gasteiger partial charge in [0.2, 0.25) is 0 Å². The van der Waals surface area contributed by atoms with E-state index in [1.165, 1.54) is 0 Å². The molecule has 0 aromatic heterocycles. The Morgan fingerprint density at radius 1 is 1.50 bits per heavy atom. The Morgan fingerprint density at radius 2 is 2.21 bits per heavy atom. The zero-order valence-corrected chi connectivity index (χ0v) is 8.79. The number of benzene rings is 1. The van der Waals surface area contributed by atoms with Crippen LogP contribution in [0.15, 0.2) is 18.2 Å². The molecule has 0 heterocycles. The van der Waals surface area contributed by atoms with Crippen LogP contribution in [0.3, 0.4) is 0 Å². The number of ether oxygens (including phenoxy) is 1. The highest BCUT2D eigenvalue weighted by molar-refractivity contribution is 6.32.